The van der Waals surface area contributed by atoms with Crippen LogP contribution >= 0.6 is 35.7 Å². The van der Waals surface area contributed by atoms with Gasteiger partial charge in [-0.1, -0.05) is 12.1 Å². The normalized spacial score (nSPS) is 17.5. The maximum absolute atomic E-state index is 13.6. The Balaban J connectivity index is 0.00000338. The van der Waals surface area contributed by atoms with Crippen molar-refractivity contribution in [3.05, 3.63) is 30.1 Å². The number of carbonyl (C=O) groups is 1. The van der Waals surface area contributed by atoms with Crippen molar-refractivity contribution in [1.29, 1.82) is 0 Å². The summed E-state index contributed by atoms with van der Waals surface area (Å²) in [6.45, 7) is 5.17. The number of benzene rings is 1. The average Bonchev–Trinajstić information content (AvgIpc) is 2.59. The molecule has 0 aromatic heterocycles. The van der Waals surface area contributed by atoms with Crippen molar-refractivity contribution in [3.63, 3.8) is 0 Å². The number of guanidine groups is 1. The van der Waals surface area contributed by atoms with Crippen LogP contribution in [-0.2, 0) is 4.79 Å². The lowest BCUT2D eigenvalue weighted by Crippen LogP contribution is -2.47. The number of nitrogens with zero attached hydrogens (tertiary/aromatic N) is 2. The first-order valence-corrected chi connectivity index (χ1v) is 9.77. The van der Waals surface area contributed by atoms with E-state index in [0.29, 0.717) is 29.5 Å². The van der Waals surface area contributed by atoms with E-state index in [9.17, 15) is 9.18 Å². The molecule has 1 aliphatic heterocycles. The Morgan fingerprint density at radius 2 is 2.23 bits per heavy atom. The van der Waals surface area contributed by atoms with Crippen molar-refractivity contribution in [1.82, 2.24) is 10.2 Å². The summed E-state index contributed by atoms with van der Waals surface area (Å²) in [5, 5.41) is 3.31. The van der Waals surface area contributed by atoms with Gasteiger partial charge in [0.15, 0.2) is 5.96 Å². The molecule has 1 aromatic rings. The molecule has 1 fully saturated rings. The highest BCUT2D eigenvalue weighted by atomic mass is 127. The van der Waals surface area contributed by atoms with E-state index < -0.39 is 0 Å². The number of piperidine rings is 1. The number of carbonyl (C=O) groups excluding carboxylic acids is 1. The molecule has 146 valence electrons. The fraction of sp³-hybridized carbons (Fsp3) is 0.556. The molecule has 0 saturated carbocycles. The van der Waals surface area contributed by atoms with Crippen LogP contribution < -0.4 is 11.1 Å². The van der Waals surface area contributed by atoms with Crippen molar-refractivity contribution in [3.8, 4) is 0 Å². The van der Waals surface area contributed by atoms with Crippen LogP contribution in [-0.4, -0.2) is 48.7 Å². The molecular formula is C18H28FIN4OS. The van der Waals surface area contributed by atoms with Gasteiger partial charge < -0.3 is 16.0 Å². The summed E-state index contributed by atoms with van der Waals surface area (Å²) in [5.74, 6) is 1.45. The van der Waals surface area contributed by atoms with E-state index in [0.717, 1.165) is 38.4 Å². The molecule has 1 aliphatic rings. The Labute approximate surface area is 176 Å². The molecule has 1 amide bonds. The summed E-state index contributed by atoms with van der Waals surface area (Å²) in [4.78, 5) is 18.7. The zero-order valence-corrected chi connectivity index (χ0v) is 18.3. The van der Waals surface area contributed by atoms with E-state index in [2.05, 4.69) is 15.2 Å². The number of nitrogens with one attached hydrogen (secondary N) is 1. The first kappa shape index (κ1) is 23.0. The fourth-order valence-corrected chi connectivity index (χ4v) is 3.79. The average molecular weight is 494 g/mol. The predicted octanol–water partition coefficient (Wildman–Crippen LogP) is 3.09. The summed E-state index contributed by atoms with van der Waals surface area (Å²) < 4.78 is 13.6. The van der Waals surface area contributed by atoms with Crippen LogP contribution in [0.2, 0.25) is 0 Å². The van der Waals surface area contributed by atoms with Gasteiger partial charge in [-0.15, -0.1) is 35.7 Å². The third kappa shape index (κ3) is 7.69. The molecule has 1 unspecified atom stereocenters. The second-order valence-electron chi connectivity index (χ2n) is 6.14. The number of likely N-dealkylation sites (tertiary alicyclic amines) is 1. The van der Waals surface area contributed by atoms with Gasteiger partial charge in [0.25, 0.3) is 0 Å². The molecule has 1 saturated heterocycles. The highest BCUT2D eigenvalue weighted by molar-refractivity contribution is 14.0. The van der Waals surface area contributed by atoms with E-state index in [-0.39, 0.29) is 35.7 Å². The third-order valence-electron chi connectivity index (χ3n) is 4.09. The molecule has 5 nitrogen and oxygen atoms in total. The standard InChI is InChI=1S/C18H27FN4OS.HI/c1-2-21-18(23-10-5-6-14(13-23)12-17(20)24)22-9-11-25-16-8-4-3-7-15(16)19;/h3-4,7-8,14H,2,5-6,9-13H2,1H3,(H2,20,24)(H,21,22);1H. The number of amides is 1. The smallest absolute Gasteiger partial charge is 0.217 e. The summed E-state index contributed by atoms with van der Waals surface area (Å²) in [6.07, 6.45) is 2.49. The van der Waals surface area contributed by atoms with Gasteiger partial charge >= 0.3 is 0 Å². The van der Waals surface area contributed by atoms with Gasteiger partial charge in [0, 0.05) is 36.7 Å². The lowest BCUT2D eigenvalue weighted by molar-refractivity contribution is -0.119. The Hall–Kier alpha value is -1.03. The molecule has 0 aliphatic carbocycles. The van der Waals surface area contributed by atoms with Gasteiger partial charge in [-0.3, -0.25) is 9.79 Å². The fourth-order valence-electron chi connectivity index (χ4n) is 3.00. The molecular weight excluding hydrogens is 466 g/mol. The zero-order valence-electron chi connectivity index (χ0n) is 15.1. The molecule has 1 heterocycles. The van der Waals surface area contributed by atoms with E-state index in [1.165, 1.54) is 17.8 Å². The van der Waals surface area contributed by atoms with E-state index in [4.69, 9.17) is 5.73 Å². The van der Waals surface area contributed by atoms with E-state index >= 15 is 0 Å². The van der Waals surface area contributed by atoms with Crippen molar-refractivity contribution < 1.29 is 9.18 Å². The molecule has 0 radical (unpaired) electrons. The zero-order chi connectivity index (χ0) is 18.1. The Bertz CT molecular complexity index is 602. The first-order valence-electron chi connectivity index (χ1n) is 8.79. The van der Waals surface area contributed by atoms with Gasteiger partial charge in [0.2, 0.25) is 5.91 Å². The van der Waals surface area contributed by atoms with Crippen LogP contribution in [0.1, 0.15) is 26.2 Å². The lowest BCUT2D eigenvalue weighted by atomic mass is 9.95. The molecule has 3 N–H and O–H groups in total. The van der Waals surface area contributed by atoms with Gasteiger partial charge in [-0.05, 0) is 37.8 Å². The number of hydrogen-bond donors (Lipinski definition) is 2. The number of thioether (sulfide) groups is 1. The highest BCUT2D eigenvalue weighted by Gasteiger charge is 2.23. The minimum Gasteiger partial charge on any atom is -0.370 e. The van der Waals surface area contributed by atoms with Crippen LogP contribution in [0.3, 0.4) is 0 Å². The Morgan fingerprint density at radius 3 is 2.92 bits per heavy atom. The quantitative estimate of drug-likeness (QED) is 0.201. The molecule has 1 atom stereocenters. The first-order chi connectivity index (χ1) is 12.1. The second-order valence-corrected chi connectivity index (χ2v) is 7.28. The van der Waals surface area contributed by atoms with Crippen LogP contribution in [0, 0.1) is 11.7 Å². The van der Waals surface area contributed by atoms with Crippen molar-refractivity contribution in [2.24, 2.45) is 16.6 Å². The molecule has 0 bridgehead atoms. The summed E-state index contributed by atoms with van der Waals surface area (Å²) in [6, 6.07) is 6.79. The molecule has 1 aromatic carbocycles. The molecule has 8 heteroatoms. The maximum Gasteiger partial charge on any atom is 0.217 e. The van der Waals surface area contributed by atoms with Gasteiger partial charge in [0.1, 0.15) is 5.82 Å². The lowest BCUT2D eigenvalue weighted by Gasteiger charge is -2.34. The number of halogens is 2. The van der Waals surface area contributed by atoms with E-state index in [1.807, 2.05) is 13.0 Å². The van der Waals surface area contributed by atoms with Gasteiger partial charge in [-0.2, -0.15) is 0 Å². The molecule has 0 spiro atoms. The Morgan fingerprint density at radius 1 is 1.46 bits per heavy atom. The monoisotopic (exact) mass is 494 g/mol. The highest BCUT2D eigenvalue weighted by Crippen LogP contribution is 2.21. The van der Waals surface area contributed by atoms with Crippen LogP contribution in [0.25, 0.3) is 0 Å². The largest absolute Gasteiger partial charge is 0.370 e. The maximum atomic E-state index is 13.6. The van der Waals surface area contributed by atoms with E-state index in [1.54, 1.807) is 12.1 Å². The molecule has 2 rings (SSSR count). The van der Waals surface area contributed by atoms with Gasteiger partial charge in [0.05, 0.1) is 6.54 Å². The number of primary amides is 1. The number of hydrogen-bond acceptors (Lipinski definition) is 3. The molecule has 26 heavy (non-hydrogen) atoms. The van der Waals surface area contributed by atoms with Crippen molar-refractivity contribution in [2.75, 3.05) is 31.9 Å². The van der Waals surface area contributed by atoms with Crippen molar-refractivity contribution >= 4 is 47.6 Å². The Kier molecular flexibility index (Phi) is 11.0. The number of rotatable bonds is 7. The second kappa shape index (κ2) is 12.4. The SMILES string of the molecule is CCNC(=NCCSc1ccccc1F)N1CCCC(CC(N)=O)C1.I. The van der Waals surface area contributed by atoms with Crippen LogP contribution in [0.4, 0.5) is 4.39 Å². The van der Waals surface area contributed by atoms with Crippen LogP contribution in [0.15, 0.2) is 34.2 Å². The minimum atomic E-state index is -0.241. The third-order valence-corrected chi connectivity index (χ3v) is 5.12. The number of nitrogens with two attached hydrogens (primary N) is 1. The summed E-state index contributed by atoms with van der Waals surface area (Å²) >= 11 is 1.47. The van der Waals surface area contributed by atoms with Crippen molar-refractivity contribution in [2.45, 2.75) is 31.1 Å². The topological polar surface area (TPSA) is 70.7 Å². The number of aliphatic imine (C=N–C) groups is 1. The summed E-state index contributed by atoms with van der Waals surface area (Å²) in [7, 11) is 0. The van der Waals surface area contributed by atoms with Crippen LogP contribution in [0.5, 0.6) is 0 Å². The minimum absolute atomic E-state index is 0. The summed E-state index contributed by atoms with van der Waals surface area (Å²) in [5.41, 5.74) is 5.33. The van der Waals surface area contributed by atoms with Gasteiger partial charge in [-0.25, -0.2) is 4.39 Å². The predicted molar refractivity (Wildman–Crippen MR) is 117 cm³/mol.